The van der Waals surface area contributed by atoms with Crippen molar-refractivity contribution in [3.05, 3.63) is 35.9 Å². The smallest absolute Gasteiger partial charge is 0.408 e. The molecule has 0 aliphatic carbocycles. The Morgan fingerprint density at radius 1 is 1.08 bits per heavy atom. The van der Waals surface area contributed by atoms with Crippen LogP contribution in [0.5, 0.6) is 0 Å². The van der Waals surface area contributed by atoms with Crippen LogP contribution in [0.25, 0.3) is 0 Å². The van der Waals surface area contributed by atoms with E-state index in [1.807, 2.05) is 0 Å². The van der Waals surface area contributed by atoms with Crippen molar-refractivity contribution in [2.24, 2.45) is 0 Å². The maximum Gasteiger partial charge on any atom is 0.408 e. The minimum Gasteiger partial charge on any atom is -0.444 e. The summed E-state index contributed by atoms with van der Waals surface area (Å²) >= 11 is 0. The lowest BCUT2D eigenvalue weighted by atomic mass is 10.1. The fourth-order valence-electron chi connectivity index (χ4n) is 2.15. The van der Waals surface area contributed by atoms with E-state index >= 15 is 0 Å². The van der Waals surface area contributed by atoms with Crippen molar-refractivity contribution in [1.82, 2.24) is 10.4 Å². The second-order valence-corrected chi connectivity index (χ2v) is 6.48. The predicted molar refractivity (Wildman–Crippen MR) is 85.7 cm³/mol. The van der Waals surface area contributed by atoms with Gasteiger partial charge in [-0.3, -0.25) is 9.59 Å². The van der Waals surface area contributed by atoms with Crippen LogP contribution in [0.2, 0.25) is 0 Å². The molecule has 1 atom stereocenters. The molecule has 1 unspecified atom stereocenters. The van der Waals surface area contributed by atoms with Gasteiger partial charge in [0.05, 0.1) is 0 Å². The first-order valence-corrected chi connectivity index (χ1v) is 7.79. The average Bonchev–Trinajstić information content (AvgIpc) is 2.83. The second kappa shape index (κ2) is 7.33. The summed E-state index contributed by atoms with van der Waals surface area (Å²) in [4.78, 5) is 52.6. The number of rotatable bonds is 4. The molecule has 1 fully saturated rings. The Kier molecular flexibility index (Phi) is 5.41. The largest absolute Gasteiger partial charge is 0.444 e. The molecule has 3 amide bonds. The molecule has 0 radical (unpaired) electrons. The fraction of sp³-hybridized carbons (Fsp3) is 0.412. The van der Waals surface area contributed by atoms with Crippen LogP contribution in [-0.4, -0.2) is 34.5 Å². The van der Waals surface area contributed by atoms with Crippen LogP contribution in [0.15, 0.2) is 30.3 Å². The summed E-state index contributed by atoms with van der Waals surface area (Å²) < 4.78 is 5.15. The molecular formula is C17H20N2O6. The number of carbonyl (C=O) groups is 4. The Morgan fingerprint density at radius 2 is 1.64 bits per heavy atom. The normalized spacial score (nSPS) is 15.7. The van der Waals surface area contributed by atoms with Gasteiger partial charge >= 0.3 is 12.1 Å². The summed E-state index contributed by atoms with van der Waals surface area (Å²) in [6.45, 7) is 5.05. The van der Waals surface area contributed by atoms with Gasteiger partial charge in [-0.25, -0.2) is 9.59 Å². The number of hydrogen-bond donors (Lipinski definition) is 1. The van der Waals surface area contributed by atoms with E-state index in [9.17, 15) is 19.2 Å². The first kappa shape index (κ1) is 18.4. The lowest BCUT2D eigenvalue weighted by Crippen LogP contribution is -2.42. The van der Waals surface area contributed by atoms with Crippen LogP contribution in [-0.2, 0) is 24.0 Å². The van der Waals surface area contributed by atoms with E-state index in [0.717, 1.165) is 0 Å². The molecule has 8 nitrogen and oxygen atoms in total. The van der Waals surface area contributed by atoms with Crippen LogP contribution >= 0.6 is 0 Å². The summed E-state index contributed by atoms with van der Waals surface area (Å²) in [5.41, 5.74) is -0.326. The number of hydroxylamine groups is 2. The monoisotopic (exact) mass is 348 g/mol. The predicted octanol–water partition coefficient (Wildman–Crippen LogP) is 1.86. The van der Waals surface area contributed by atoms with Gasteiger partial charge in [0, 0.05) is 12.8 Å². The summed E-state index contributed by atoms with van der Waals surface area (Å²) in [5, 5.41) is 2.85. The highest BCUT2D eigenvalue weighted by Crippen LogP contribution is 2.19. The van der Waals surface area contributed by atoms with Crippen LogP contribution in [0.4, 0.5) is 4.79 Å². The molecule has 0 aromatic heterocycles. The van der Waals surface area contributed by atoms with E-state index in [4.69, 9.17) is 9.57 Å². The quantitative estimate of drug-likeness (QED) is 0.833. The van der Waals surface area contributed by atoms with Crippen molar-refractivity contribution in [2.75, 3.05) is 0 Å². The lowest BCUT2D eigenvalue weighted by Gasteiger charge is -2.24. The number of imide groups is 1. The Labute approximate surface area is 145 Å². The van der Waals surface area contributed by atoms with Gasteiger partial charge in [0.1, 0.15) is 5.60 Å². The minimum atomic E-state index is -1.22. The third-order valence-corrected chi connectivity index (χ3v) is 3.22. The zero-order valence-corrected chi connectivity index (χ0v) is 14.3. The molecule has 1 aliphatic heterocycles. The molecule has 1 aromatic carbocycles. The van der Waals surface area contributed by atoms with Crippen LogP contribution < -0.4 is 5.32 Å². The molecule has 0 spiro atoms. The van der Waals surface area contributed by atoms with Crippen molar-refractivity contribution in [2.45, 2.75) is 45.3 Å². The van der Waals surface area contributed by atoms with E-state index in [1.54, 1.807) is 51.1 Å². The Balaban J connectivity index is 2.17. The van der Waals surface area contributed by atoms with E-state index in [0.29, 0.717) is 10.6 Å². The third-order valence-electron chi connectivity index (χ3n) is 3.22. The number of hydrogen-bond acceptors (Lipinski definition) is 6. The summed E-state index contributed by atoms with van der Waals surface area (Å²) in [7, 11) is 0. The highest BCUT2D eigenvalue weighted by atomic mass is 16.7. The molecule has 8 heteroatoms. The fourth-order valence-corrected chi connectivity index (χ4v) is 2.15. The lowest BCUT2D eigenvalue weighted by molar-refractivity contribution is -0.199. The van der Waals surface area contributed by atoms with Gasteiger partial charge in [0.25, 0.3) is 11.8 Å². The molecule has 2 rings (SSSR count). The van der Waals surface area contributed by atoms with Crippen molar-refractivity contribution >= 4 is 23.9 Å². The van der Waals surface area contributed by atoms with Gasteiger partial charge in [-0.15, -0.1) is 5.06 Å². The molecule has 134 valence electrons. The van der Waals surface area contributed by atoms with Crippen molar-refractivity contribution in [3.8, 4) is 0 Å². The van der Waals surface area contributed by atoms with Crippen molar-refractivity contribution < 1.29 is 28.8 Å². The van der Waals surface area contributed by atoms with Gasteiger partial charge in [-0.1, -0.05) is 30.3 Å². The second-order valence-electron chi connectivity index (χ2n) is 6.48. The number of nitrogens with zero attached hydrogens (tertiary/aromatic N) is 1. The van der Waals surface area contributed by atoms with Gasteiger partial charge < -0.3 is 14.9 Å². The molecule has 1 aliphatic rings. The topological polar surface area (TPSA) is 102 Å². The van der Waals surface area contributed by atoms with Crippen LogP contribution in [0.1, 0.15) is 45.2 Å². The molecule has 1 saturated heterocycles. The molecule has 1 N–H and O–H groups in total. The highest BCUT2D eigenvalue weighted by Gasteiger charge is 2.36. The number of carbonyl (C=O) groups excluding carboxylic acids is 4. The average molecular weight is 348 g/mol. The molecular weight excluding hydrogens is 328 g/mol. The molecule has 1 heterocycles. The van der Waals surface area contributed by atoms with Crippen molar-refractivity contribution in [1.29, 1.82) is 0 Å². The Bertz CT molecular complexity index is 664. The van der Waals surface area contributed by atoms with Crippen LogP contribution in [0, 0.1) is 0 Å². The molecule has 1 aromatic rings. The van der Waals surface area contributed by atoms with Crippen LogP contribution in [0.3, 0.4) is 0 Å². The van der Waals surface area contributed by atoms with E-state index in [-0.39, 0.29) is 12.8 Å². The zero-order chi connectivity index (χ0) is 18.6. The zero-order valence-electron chi connectivity index (χ0n) is 14.3. The first-order chi connectivity index (χ1) is 11.7. The van der Waals surface area contributed by atoms with Gasteiger partial charge in [-0.2, -0.15) is 0 Å². The summed E-state index contributed by atoms with van der Waals surface area (Å²) in [5.74, 6) is -2.15. The maximum absolute atomic E-state index is 12.5. The van der Waals surface area contributed by atoms with E-state index < -0.39 is 35.5 Å². The standard InChI is InChI=1S/C17H20N2O6/c1-17(2,3)24-16(23)18-14(11-7-5-4-6-8-11)15(22)25-19-12(20)9-10-13(19)21/h4-8,14H,9-10H2,1-3H3,(H,18,23). The number of amides is 3. The van der Waals surface area contributed by atoms with E-state index in [1.165, 1.54) is 0 Å². The Hall–Kier alpha value is -2.90. The van der Waals surface area contributed by atoms with Crippen molar-refractivity contribution in [3.63, 3.8) is 0 Å². The highest BCUT2D eigenvalue weighted by molar-refractivity contribution is 6.02. The number of benzene rings is 1. The summed E-state index contributed by atoms with van der Waals surface area (Å²) in [6, 6.07) is 7.09. The Morgan fingerprint density at radius 3 is 2.16 bits per heavy atom. The minimum absolute atomic E-state index is 0.0123. The molecule has 25 heavy (non-hydrogen) atoms. The molecule has 0 saturated carbocycles. The van der Waals surface area contributed by atoms with Gasteiger partial charge in [0.2, 0.25) is 0 Å². The van der Waals surface area contributed by atoms with Gasteiger partial charge in [0.15, 0.2) is 6.04 Å². The first-order valence-electron chi connectivity index (χ1n) is 7.79. The van der Waals surface area contributed by atoms with Gasteiger partial charge in [-0.05, 0) is 26.3 Å². The number of ether oxygens (including phenoxy) is 1. The third kappa shape index (κ3) is 5.03. The van der Waals surface area contributed by atoms with E-state index in [2.05, 4.69) is 5.32 Å². The number of nitrogens with one attached hydrogen (secondary N) is 1. The molecule has 0 bridgehead atoms. The maximum atomic E-state index is 12.5. The number of alkyl carbamates (subject to hydrolysis) is 1. The summed E-state index contributed by atoms with van der Waals surface area (Å²) in [6.07, 6.45) is -0.846. The SMILES string of the molecule is CC(C)(C)OC(=O)NC(C(=O)ON1C(=O)CCC1=O)c1ccccc1.